The van der Waals surface area contributed by atoms with Gasteiger partial charge in [0.05, 0.1) is 26.9 Å². The lowest BCUT2D eigenvalue weighted by Crippen LogP contribution is -2.42. The largest absolute Gasteiger partial charge is 0.325 e. The molecule has 108 valence electrons. The molecule has 1 N–H and O–H groups in total. The van der Waals surface area contributed by atoms with E-state index in [0.29, 0.717) is 10.9 Å². The lowest BCUT2D eigenvalue weighted by Gasteiger charge is -2.25. The zero-order valence-electron chi connectivity index (χ0n) is 11.8. The Morgan fingerprint density at radius 3 is 2.17 bits per heavy atom. The standard InChI is InChI=1S/C12H25NO4S/c1-5-6-7-8-11(10-18(15,16)17)12(14)9-13(2,3)4/h11H,5-10H2,1-4H3/p+1. The maximum atomic E-state index is 12.0. The topological polar surface area (TPSA) is 71.4 Å². The van der Waals surface area contributed by atoms with Crippen LogP contribution >= 0.6 is 0 Å². The van der Waals surface area contributed by atoms with E-state index in [0.717, 1.165) is 19.3 Å². The van der Waals surface area contributed by atoms with Crippen LogP contribution in [0.15, 0.2) is 0 Å². The minimum Gasteiger partial charge on any atom is -0.325 e. The zero-order chi connectivity index (χ0) is 14.4. The van der Waals surface area contributed by atoms with Crippen molar-refractivity contribution < 1.29 is 22.2 Å². The van der Waals surface area contributed by atoms with Gasteiger partial charge in [-0.2, -0.15) is 8.42 Å². The van der Waals surface area contributed by atoms with E-state index in [1.807, 2.05) is 28.1 Å². The lowest BCUT2D eigenvalue weighted by molar-refractivity contribution is -0.862. The van der Waals surface area contributed by atoms with Crippen LogP contribution in [-0.2, 0) is 14.9 Å². The van der Waals surface area contributed by atoms with Crippen LogP contribution in [0.5, 0.6) is 0 Å². The molecule has 0 bridgehead atoms. The first-order valence-corrected chi connectivity index (χ1v) is 7.94. The summed E-state index contributed by atoms with van der Waals surface area (Å²) in [4.78, 5) is 12.0. The average molecular weight is 280 g/mol. The van der Waals surface area contributed by atoms with Gasteiger partial charge in [-0.3, -0.25) is 9.35 Å². The SMILES string of the molecule is CCCCCC(CS(=O)(=O)O)C(=O)C[N+](C)(C)C. The molecule has 6 heteroatoms. The molecule has 0 aromatic carbocycles. The van der Waals surface area contributed by atoms with Gasteiger partial charge in [0.25, 0.3) is 10.1 Å². The molecule has 18 heavy (non-hydrogen) atoms. The summed E-state index contributed by atoms with van der Waals surface area (Å²) < 4.78 is 31.3. The summed E-state index contributed by atoms with van der Waals surface area (Å²) in [5, 5.41) is 0. The fraction of sp³-hybridized carbons (Fsp3) is 0.917. The number of nitrogens with zero attached hydrogens (tertiary/aromatic N) is 1. The highest BCUT2D eigenvalue weighted by Crippen LogP contribution is 2.14. The van der Waals surface area contributed by atoms with Crippen molar-refractivity contribution in [3.8, 4) is 0 Å². The molecule has 0 fully saturated rings. The molecule has 0 aromatic heterocycles. The number of carbonyl (C=O) groups is 1. The zero-order valence-corrected chi connectivity index (χ0v) is 12.7. The number of hydrogen-bond donors (Lipinski definition) is 1. The predicted octanol–water partition coefficient (Wildman–Crippen LogP) is 1.35. The van der Waals surface area contributed by atoms with E-state index in [2.05, 4.69) is 0 Å². The minimum atomic E-state index is -4.09. The Balaban J connectivity index is 4.59. The molecule has 0 saturated heterocycles. The Morgan fingerprint density at radius 1 is 1.22 bits per heavy atom. The quantitative estimate of drug-likeness (QED) is 0.393. The van der Waals surface area contributed by atoms with Crippen LogP contribution in [0.1, 0.15) is 32.6 Å². The second kappa shape index (κ2) is 7.21. The van der Waals surface area contributed by atoms with Crippen LogP contribution in [0, 0.1) is 5.92 Å². The molecule has 0 radical (unpaired) electrons. The van der Waals surface area contributed by atoms with Crippen molar-refractivity contribution in [1.29, 1.82) is 0 Å². The summed E-state index contributed by atoms with van der Waals surface area (Å²) in [7, 11) is 1.56. The Bertz CT molecular complexity index is 357. The summed E-state index contributed by atoms with van der Waals surface area (Å²) in [5.74, 6) is -1.12. The number of unbranched alkanes of at least 4 members (excludes halogenated alkanes) is 2. The fourth-order valence-corrected chi connectivity index (χ4v) is 2.69. The van der Waals surface area contributed by atoms with E-state index in [9.17, 15) is 13.2 Å². The van der Waals surface area contributed by atoms with Crippen molar-refractivity contribution >= 4 is 15.9 Å². The summed E-state index contributed by atoms with van der Waals surface area (Å²) >= 11 is 0. The number of hydrogen-bond acceptors (Lipinski definition) is 3. The number of likely N-dealkylation sites (N-methyl/N-ethyl adjacent to an activating group) is 1. The van der Waals surface area contributed by atoms with E-state index in [1.165, 1.54) is 0 Å². The summed E-state index contributed by atoms with van der Waals surface area (Å²) in [6.07, 6.45) is 3.34. The second-order valence-electron chi connectivity index (χ2n) is 5.86. The van der Waals surface area contributed by atoms with E-state index in [4.69, 9.17) is 4.55 Å². The number of rotatable bonds is 9. The van der Waals surface area contributed by atoms with Gasteiger partial charge >= 0.3 is 0 Å². The highest BCUT2D eigenvalue weighted by atomic mass is 32.2. The maximum Gasteiger partial charge on any atom is 0.265 e. The molecule has 0 heterocycles. The first-order chi connectivity index (χ1) is 8.05. The monoisotopic (exact) mass is 280 g/mol. The maximum absolute atomic E-state index is 12.0. The Kier molecular flexibility index (Phi) is 7.02. The van der Waals surface area contributed by atoms with Gasteiger partial charge in [0, 0.05) is 5.92 Å². The molecule has 0 aliphatic carbocycles. The first-order valence-electron chi connectivity index (χ1n) is 6.33. The Labute approximate surface area is 111 Å². The molecule has 0 aliphatic rings. The third-order valence-electron chi connectivity index (χ3n) is 2.65. The van der Waals surface area contributed by atoms with Crippen molar-refractivity contribution in [1.82, 2.24) is 0 Å². The molecule has 1 atom stereocenters. The van der Waals surface area contributed by atoms with Gasteiger partial charge in [-0.05, 0) is 6.42 Å². The van der Waals surface area contributed by atoms with Gasteiger partial charge in [0.15, 0.2) is 5.78 Å². The van der Waals surface area contributed by atoms with E-state index < -0.39 is 21.8 Å². The van der Waals surface area contributed by atoms with Gasteiger partial charge in [-0.1, -0.05) is 26.2 Å². The third kappa shape index (κ3) is 9.56. The molecular formula is C12H26NO4S+. The molecule has 0 aromatic rings. The molecule has 0 spiro atoms. The number of quaternary nitrogens is 1. The van der Waals surface area contributed by atoms with E-state index in [1.54, 1.807) is 0 Å². The summed E-state index contributed by atoms with van der Waals surface area (Å²) in [6, 6.07) is 0. The van der Waals surface area contributed by atoms with Crippen molar-refractivity contribution in [2.45, 2.75) is 32.6 Å². The summed E-state index contributed by atoms with van der Waals surface area (Å²) in [6.45, 7) is 2.33. The van der Waals surface area contributed by atoms with Gasteiger partial charge < -0.3 is 4.48 Å². The van der Waals surface area contributed by atoms with Crippen molar-refractivity contribution in [2.24, 2.45) is 5.92 Å². The smallest absolute Gasteiger partial charge is 0.265 e. The normalized spacial score (nSPS) is 14.5. The van der Waals surface area contributed by atoms with Gasteiger partial charge in [0.1, 0.15) is 6.54 Å². The minimum absolute atomic E-state index is 0.0868. The van der Waals surface area contributed by atoms with Crippen LogP contribution in [0.25, 0.3) is 0 Å². The first kappa shape index (κ1) is 17.5. The van der Waals surface area contributed by atoms with Crippen molar-refractivity contribution in [3.63, 3.8) is 0 Å². The molecule has 0 amide bonds. The molecule has 0 rings (SSSR count). The predicted molar refractivity (Wildman–Crippen MR) is 72.0 cm³/mol. The second-order valence-corrected chi connectivity index (χ2v) is 7.35. The lowest BCUT2D eigenvalue weighted by atomic mass is 9.98. The van der Waals surface area contributed by atoms with Crippen LogP contribution in [0.3, 0.4) is 0 Å². The Hall–Kier alpha value is -0.460. The van der Waals surface area contributed by atoms with E-state index >= 15 is 0 Å². The van der Waals surface area contributed by atoms with Crippen LogP contribution in [-0.4, -0.2) is 56.7 Å². The van der Waals surface area contributed by atoms with Crippen LogP contribution < -0.4 is 0 Å². The van der Waals surface area contributed by atoms with Crippen LogP contribution in [0.4, 0.5) is 0 Å². The van der Waals surface area contributed by atoms with Crippen molar-refractivity contribution in [2.75, 3.05) is 33.4 Å². The highest BCUT2D eigenvalue weighted by molar-refractivity contribution is 7.85. The molecule has 5 nitrogen and oxygen atoms in total. The van der Waals surface area contributed by atoms with Gasteiger partial charge in [-0.25, -0.2) is 0 Å². The number of ketones is 1. The van der Waals surface area contributed by atoms with Gasteiger partial charge in [-0.15, -0.1) is 0 Å². The average Bonchev–Trinajstić information content (AvgIpc) is 2.11. The third-order valence-corrected chi connectivity index (χ3v) is 3.48. The summed E-state index contributed by atoms with van der Waals surface area (Å²) in [5.41, 5.74) is 0. The van der Waals surface area contributed by atoms with Gasteiger partial charge in [0.2, 0.25) is 0 Å². The number of Topliss-reactive ketones (excluding diaryl/α,β-unsaturated/α-hetero) is 1. The van der Waals surface area contributed by atoms with Crippen LogP contribution in [0.2, 0.25) is 0 Å². The molecule has 0 saturated carbocycles. The molecular weight excluding hydrogens is 254 g/mol. The van der Waals surface area contributed by atoms with E-state index in [-0.39, 0.29) is 12.3 Å². The Morgan fingerprint density at radius 2 is 1.78 bits per heavy atom. The highest BCUT2D eigenvalue weighted by Gasteiger charge is 2.27. The molecule has 1 unspecified atom stereocenters. The molecule has 0 aliphatic heterocycles. The number of carbonyl (C=O) groups excluding carboxylic acids is 1. The fourth-order valence-electron chi connectivity index (χ4n) is 1.83. The van der Waals surface area contributed by atoms with Crippen molar-refractivity contribution in [3.05, 3.63) is 0 Å².